The molecule has 1 aliphatic rings. The third kappa shape index (κ3) is 4.30. The molecule has 4 rings (SSSR count). The standard InChI is InChI=1S/C24H17BrClN3O3/c1-14-4-2-3-5-19(14)29-23(31)20(26)21(24(29)32)27-17-10-6-15(7-11-17)22(30)28-18-12-8-16(25)9-13-18/h2-13,27H,1H3,(H,28,30). The lowest BCUT2D eigenvalue weighted by Crippen LogP contribution is -2.32. The second-order valence-electron chi connectivity index (χ2n) is 7.08. The Hall–Kier alpha value is -3.42. The van der Waals surface area contributed by atoms with Gasteiger partial charge in [0.05, 0.1) is 5.69 Å². The Bertz CT molecular complexity index is 1250. The van der Waals surface area contributed by atoms with Gasteiger partial charge >= 0.3 is 0 Å². The van der Waals surface area contributed by atoms with E-state index < -0.39 is 11.8 Å². The highest BCUT2D eigenvalue weighted by atomic mass is 79.9. The van der Waals surface area contributed by atoms with E-state index in [9.17, 15) is 14.4 Å². The lowest BCUT2D eigenvalue weighted by molar-refractivity contribution is -0.120. The van der Waals surface area contributed by atoms with Crippen molar-refractivity contribution in [3.05, 3.63) is 99.1 Å². The highest BCUT2D eigenvalue weighted by Crippen LogP contribution is 2.31. The van der Waals surface area contributed by atoms with E-state index in [0.29, 0.717) is 22.6 Å². The van der Waals surface area contributed by atoms with Crippen LogP contribution in [0, 0.1) is 6.92 Å². The van der Waals surface area contributed by atoms with Gasteiger partial charge in [-0.1, -0.05) is 45.7 Å². The van der Waals surface area contributed by atoms with E-state index in [1.54, 1.807) is 48.5 Å². The molecule has 0 saturated carbocycles. The summed E-state index contributed by atoms with van der Waals surface area (Å²) in [5, 5.41) is 5.54. The van der Waals surface area contributed by atoms with Gasteiger partial charge < -0.3 is 10.6 Å². The minimum Gasteiger partial charge on any atom is -0.350 e. The number of benzene rings is 3. The van der Waals surface area contributed by atoms with Crippen molar-refractivity contribution in [1.82, 2.24) is 0 Å². The van der Waals surface area contributed by atoms with Crippen molar-refractivity contribution in [3.8, 4) is 0 Å². The monoisotopic (exact) mass is 509 g/mol. The molecule has 0 spiro atoms. The lowest BCUT2D eigenvalue weighted by Gasteiger charge is -2.17. The first kappa shape index (κ1) is 21.8. The Balaban J connectivity index is 1.49. The molecular weight excluding hydrogens is 494 g/mol. The third-order valence-electron chi connectivity index (χ3n) is 4.90. The van der Waals surface area contributed by atoms with Crippen LogP contribution in [0.15, 0.2) is 88.0 Å². The maximum absolute atomic E-state index is 12.9. The molecule has 32 heavy (non-hydrogen) atoms. The Kier molecular flexibility index (Phi) is 6.12. The Morgan fingerprint density at radius 3 is 2.16 bits per heavy atom. The first-order chi connectivity index (χ1) is 15.3. The predicted molar refractivity (Wildman–Crippen MR) is 129 cm³/mol. The lowest BCUT2D eigenvalue weighted by atomic mass is 10.1. The molecule has 6 nitrogen and oxygen atoms in total. The molecule has 0 aliphatic carbocycles. The number of para-hydroxylation sites is 1. The second-order valence-corrected chi connectivity index (χ2v) is 8.38. The Morgan fingerprint density at radius 1 is 0.875 bits per heavy atom. The summed E-state index contributed by atoms with van der Waals surface area (Å²) in [7, 11) is 0. The van der Waals surface area contributed by atoms with Crippen LogP contribution >= 0.6 is 27.5 Å². The molecular formula is C24H17BrClN3O3. The van der Waals surface area contributed by atoms with Gasteiger partial charge in [0.25, 0.3) is 17.7 Å². The topological polar surface area (TPSA) is 78.5 Å². The smallest absolute Gasteiger partial charge is 0.283 e. The van der Waals surface area contributed by atoms with Gasteiger partial charge in [0.2, 0.25) is 0 Å². The molecule has 3 aromatic rings. The molecule has 2 N–H and O–H groups in total. The van der Waals surface area contributed by atoms with Crippen LogP contribution in [-0.2, 0) is 9.59 Å². The van der Waals surface area contributed by atoms with Crippen molar-refractivity contribution in [3.63, 3.8) is 0 Å². The van der Waals surface area contributed by atoms with Crippen LogP contribution in [0.5, 0.6) is 0 Å². The highest BCUT2D eigenvalue weighted by Gasteiger charge is 2.39. The first-order valence-corrected chi connectivity index (χ1v) is 10.8. The molecule has 160 valence electrons. The molecule has 0 saturated heterocycles. The van der Waals surface area contributed by atoms with Crippen molar-refractivity contribution in [2.24, 2.45) is 0 Å². The number of carbonyl (C=O) groups is 3. The summed E-state index contributed by atoms with van der Waals surface area (Å²) in [6.07, 6.45) is 0. The third-order valence-corrected chi connectivity index (χ3v) is 5.78. The SMILES string of the molecule is Cc1ccccc1N1C(=O)C(Cl)=C(Nc2ccc(C(=O)Nc3ccc(Br)cc3)cc2)C1=O. The summed E-state index contributed by atoms with van der Waals surface area (Å²) in [5.74, 6) is -1.39. The van der Waals surface area contributed by atoms with Crippen molar-refractivity contribution in [2.75, 3.05) is 15.5 Å². The van der Waals surface area contributed by atoms with Crippen LogP contribution < -0.4 is 15.5 Å². The fourth-order valence-electron chi connectivity index (χ4n) is 3.23. The molecule has 1 heterocycles. The summed E-state index contributed by atoms with van der Waals surface area (Å²) < 4.78 is 0.917. The summed E-state index contributed by atoms with van der Waals surface area (Å²) in [5.41, 5.74) is 2.88. The second kappa shape index (κ2) is 8.98. The zero-order valence-corrected chi connectivity index (χ0v) is 19.2. The van der Waals surface area contributed by atoms with E-state index in [-0.39, 0.29) is 16.6 Å². The number of aryl methyl sites for hydroxylation is 1. The van der Waals surface area contributed by atoms with Gasteiger partial charge in [-0.05, 0) is 67.1 Å². The fourth-order valence-corrected chi connectivity index (χ4v) is 3.71. The van der Waals surface area contributed by atoms with Gasteiger partial charge in [-0.15, -0.1) is 0 Å². The quantitative estimate of drug-likeness (QED) is 0.448. The molecule has 8 heteroatoms. The average molecular weight is 511 g/mol. The maximum Gasteiger partial charge on any atom is 0.283 e. The van der Waals surface area contributed by atoms with Gasteiger partial charge in [0.15, 0.2) is 0 Å². The van der Waals surface area contributed by atoms with Crippen molar-refractivity contribution in [2.45, 2.75) is 6.92 Å². The molecule has 0 radical (unpaired) electrons. The van der Waals surface area contributed by atoms with Crippen LogP contribution in [0.1, 0.15) is 15.9 Å². The van der Waals surface area contributed by atoms with Gasteiger partial charge in [-0.25, -0.2) is 4.90 Å². The van der Waals surface area contributed by atoms with Gasteiger partial charge in [-0.2, -0.15) is 0 Å². The predicted octanol–water partition coefficient (Wildman–Crippen LogP) is 5.45. The molecule has 0 fully saturated rings. The Morgan fingerprint density at radius 2 is 1.50 bits per heavy atom. The van der Waals surface area contributed by atoms with Crippen LogP contribution in [0.2, 0.25) is 0 Å². The maximum atomic E-state index is 12.9. The number of imide groups is 1. The Labute approximate surface area is 198 Å². The molecule has 0 bridgehead atoms. The van der Waals surface area contributed by atoms with Crippen LogP contribution in [0.4, 0.5) is 17.1 Å². The van der Waals surface area contributed by atoms with E-state index in [1.807, 2.05) is 31.2 Å². The normalized spacial score (nSPS) is 13.5. The number of rotatable bonds is 5. The number of hydrogen-bond donors (Lipinski definition) is 2. The fraction of sp³-hybridized carbons (Fsp3) is 0.0417. The number of nitrogens with zero attached hydrogens (tertiary/aromatic N) is 1. The first-order valence-electron chi connectivity index (χ1n) is 9.63. The number of halogens is 2. The summed E-state index contributed by atoms with van der Waals surface area (Å²) in [6, 6.07) is 20.8. The summed E-state index contributed by atoms with van der Waals surface area (Å²) in [4.78, 5) is 39.1. The zero-order valence-electron chi connectivity index (χ0n) is 16.9. The van der Waals surface area contributed by atoms with Crippen molar-refractivity contribution in [1.29, 1.82) is 0 Å². The van der Waals surface area contributed by atoms with Gasteiger partial charge in [0.1, 0.15) is 10.7 Å². The molecule has 3 amide bonds. The molecule has 0 unspecified atom stereocenters. The summed E-state index contributed by atoms with van der Waals surface area (Å²) >= 11 is 9.54. The number of carbonyl (C=O) groups excluding carboxylic acids is 3. The van der Waals surface area contributed by atoms with Gasteiger partial charge in [-0.3, -0.25) is 14.4 Å². The van der Waals surface area contributed by atoms with E-state index in [1.165, 1.54) is 0 Å². The number of nitrogens with one attached hydrogen (secondary N) is 2. The van der Waals surface area contributed by atoms with Crippen molar-refractivity contribution >= 4 is 62.3 Å². The zero-order chi connectivity index (χ0) is 22.8. The van der Waals surface area contributed by atoms with E-state index in [2.05, 4.69) is 26.6 Å². The number of amides is 3. The number of hydrogen-bond acceptors (Lipinski definition) is 4. The summed E-state index contributed by atoms with van der Waals surface area (Å²) in [6.45, 7) is 1.81. The minimum absolute atomic E-state index is 0.00742. The van der Waals surface area contributed by atoms with Gasteiger partial charge in [0, 0.05) is 21.4 Å². The van der Waals surface area contributed by atoms with E-state index >= 15 is 0 Å². The van der Waals surface area contributed by atoms with Crippen LogP contribution in [0.25, 0.3) is 0 Å². The van der Waals surface area contributed by atoms with E-state index in [0.717, 1.165) is 14.9 Å². The molecule has 0 atom stereocenters. The molecule has 1 aliphatic heterocycles. The van der Waals surface area contributed by atoms with Crippen LogP contribution in [0.3, 0.4) is 0 Å². The largest absolute Gasteiger partial charge is 0.350 e. The molecule has 0 aromatic heterocycles. The van der Waals surface area contributed by atoms with E-state index in [4.69, 9.17) is 11.6 Å². The van der Waals surface area contributed by atoms with Crippen molar-refractivity contribution < 1.29 is 14.4 Å². The number of anilines is 3. The highest BCUT2D eigenvalue weighted by molar-refractivity contribution is 9.10. The van der Waals surface area contributed by atoms with Crippen LogP contribution in [-0.4, -0.2) is 17.7 Å². The average Bonchev–Trinajstić information content (AvgIpc) is 2.99. The minimum atomic E-state index is -0.584. The molecule has 3 aromatic carbocycles.